The third kappa shape index (κ3) is 3.25. The molecule has 174 valence electrons. The van der Waals surface area contributed by atoms with Crippen LogP contribution in [0.2, 0.25) is 0 Å². The van der Waals surface area contributed by atoms with Crippen molar-refractivity contribution in [1.29, 1.82) is 0 Å². The Morgan fingerprint density at radius 3 is 2.23 bits per heavy atom. The maximum atomic E-state index is 13.7. The quantitative estimate of drug-likeness (QED) is 0.517. The first-order valence-corrected chi connectivity index (χ1v) is 13.2. The van der Waals surface area contributed by atoms with Crippen LogP contribution in [0.3, 0.4) is 0 Å². The van der Waals surface area contributed by atoms with Crippen molar-refractivity contribution < 1.29 is 22.7 Å². The summed E-state index contributed by atoms with van der Waals surface area (Å²) >= 11 is 0. The Labute approximate surface area is 183 Å². The van der Waals surface area contributed by atoms with Gasteiger partial charge in [0.2, 0.25) is 15.8 Å². The Kier molecular flexibility index (Phi) is 5.95. The van der Waals surface area contributed by atoms with Crippen molar-refractivity contribution in [2.24, 2.45) is 16.7 Å². The second-order valence-corrected chi connectivity index (χ2v) is 13.0. The molecule has 4 atom stereocenters. The molecule has 0 aromatic heterocycles. The van der Waals surface area contributed by atoms with Gasteiger partial charge in [-0.05, 0) is 65.2 Å². The van der Waals surface area contributed by atoms with Crippen LogP contribution in [-0.2, 0) is 24.3 Å². The molecule has 0 unspecified atom stereocenters. The molecule has 0 aromatic carbocycles. The molecule has 0 amide bonds. The third-order valence-corrected chi connectivity index (χ3v) is 10.6. The standard InChI is InChI=1S/C23H41NO5S/c1-9-10-12-21(8)19(25)28-23(29-21)14-18-11-13-22(23,20(18,6)7)15-30(26,27)24(16(2)3)17(4)5/h16-18H,9-15H2,1-8H3/t18-,21-,22+,23-/m1/s1. The van der Waals surface area contributed by atoms with E-state index in [1.165, 1.54) is 0 Å². The smallest absolute Gasteiger partial charge is 0.340 e. The number of hydrogen-bond donors (Lipinski definition) is 0. The summed E-state index contributed by atoms with van der Waals surface area (Å²) in [5, 5.41) is 0. The summed E-state index contributed by atoms with van der Waals surface area (Å²) in [6.07, 6.45) is 4.67. The van der Waals surface area contributed by atoms with Crippen LogP contribution >= 0.6 is 0 Å². The van der Waals surface area contributed by atoms with Gasteiger partial charge in [-0.3, -0.25) is 0 Å². The van der Waals surface area contributed by atoms with Crippen molar-refractivity contribution in [3.8, 4) is 0 Å². The summed E-state index contributed by atoms with van der Waals surface area (Å²) in [5.41, 5.74) is -2.04. The van der Waals surface area contributed by atoms with Crippen molar-refractivity contribution in [3.63, 3.8) is 0 Å². The minimum absolute atomic E-state index is 0.0446. The van der Waals surface area contributed by atoms with E-state index in [4.69, 9.17) is 9.47 Å². The molecule has 2 bridgehead atoms. The molecule has 1 heterocycles. The monoisotopic (exact) mass is 443 g/mol. The molecular weight excluding hydrogens is 402 g/mol. The lowest BCUT2D eigenvalue weighted by atomic mass is 9.68. The largest absolute Gasteiger partial charge is 0.430 e. The fourth-order valence-corrected chi connectivity index (χ4v) is 9.47. The summed E-state index contributed by atoms with van der Waals surface area (Å²) < 4.78 is 41.7. The van der Waals surface area contributed by atoms with E-state index >= 15 is 0 Å². The SMILES string of the molecule is CCCC[C@@]1(C)O[C@@]2(C[C@H]3CC[C@]2(CS(=O)(=O)N(C(C)C)C(C)C)C3(C)C)OC1=O. The Balaban J connectivity index is 2.05. The fraction of sp³-hybridized carbons (Fsp3) is 0.957. The first-order chi connectivity index (χ1) is 13.7. The Morgan fingerprint density at radius 2 is 1.73 bits per heavy atom. The Hall–Kier alpha value is -0.660. The molecule has 0 N–H and O–H groups in total. The molecule has 1 saturated heterocycles. The molecular formula is C23H41NO5S. The molecule has 7 heteroatoms. The van der Waals surface area contributed by atoms with Crippen molar-refractivity contribution in [1.82, 2.24) is 4.31 Å². The van der Waals surface area contributed by atoms with E-state index in [0.717, 1.165) is 19.3 Å². The first kappa shape index (κ1) is 24.0. The van der Waals surface area contributed by atoms with Gasteiger partial charge in [0.1, 0.15) is 0 Å². The maximum Gasteiger partial charge on any atom is 0.340 e. The Morgan fingerprint density at radius 1 is 1.13 bits per heavy atom. The number of unbranched alkanes of at least 4 members (excludes halogenated alkanes) is 1. The van der Waals surface area contributed by atoms with Crippen molar-refractivity contribution in [2.45, 2.75) is 117 Å². The highest BCUT2D eigenvalue weighted by Gasteiger charge is 2.79. The molecule has 2 aliphatic carbocycles. The van der Waals surface area contributed by atoms with Gasteiger partial charge in [0.05, 0.1) is 11.2 Å². The van der Waals surface area contributed by atoms with Crippen molar-refractivity contribution in [2.75, 3.05) is 5.75 Å². The number of fused-ring (bicyclic) bond motifs is 3. The van der Waals surface area contributed by atoms with Gasteiger partial charge in [0.15, 0.2) is 5.60 Å². The zero-order valence-electron chi connectivity index (χ0n) is 20.1. The predicted molar refractivity (Wildman–Crippen MR) is 117 cm³/mol. The van der Waals surface area contributed by atoms with Crippen LogP contribution < -0.4 is 0 Å². The molecule has 1 spiro atoms. The highest BCUT2D eigenvalue weighted by molar-refractivity contribution is 7.89. The minimum Gasteiger partial charge on any atom is -0.430 e. The van der Waals surface area contributed by atoms with Gasteiger partial charge in [-0.2, -0.15) is 4.31 Å². The number of ether oxygens (including phenoxy) is 2. The van der Waals surface area contributed by atoms with E-state index in [1.54, 1.807) is 4.31 Å². The number of carbonyl (C=O) groups is 1. The second-order valence-electron chi connectivity index (χ2n) is 11.1. The lowest BCUT2D eigenvalue weighted by Gasteiger charge is -2.47. The van der Waals surface area contributed by atoms with Crippen LogP contribution in [0.15, 0.2) is 0 Å². The number of esters is 1. The van der Waals surface area contributed by atoms with Gasteiger partial charge in [-0.25, -0.2) is 13.2 Å². The van der Waals surface area contributed by atoms with Gasteiger partial charge >= 0.3 is 5.97 Å². The number of hydrogen-bond acceptors (Lipinski definition) is 5. The molecule has 0 radical (unpaired) electrons. The lowest BCUT2D eigenvalue weighted by molar-refractivity contribution is -0.254. The summed E-state index contributed by atoms with van der Waals surface area (Å²) in [6, 6.07) is -0.267. The van der Waals surface area contributed by atoms with Gasteiger partial charge < -0.3 is 9.47 Å². The zero-order valence-corrected chi connectivity index (χ0v) is 20.9. The van der Waals surface area contributed by atoms with Crippen LogP contribution in [0, 0.1) is 16.7 Å². The predicted octanol–water partition coefficient (Wildman–Crippen LogP) is 4.48. The van der Waals surface area contributed by atoms with Gasteiger partial charge in [0, 0.05) is 18.5 Å². The van der Waals surface area contributed by atoms with Crippen LogP contribution in [0.4, 0.5) is 0 Å². The van der Waals surface area contributed by atoms with Crippen LogP contribution in [-0.4, -0.2) is 47.9 Å². The highest BCUT2D eigenvalue weighted by atomic mass is 32.2. The number of nitrogens with zero attached hydrogens (tertiary/aromatic N) is 1. The van der Waals surface area contributed by atoms with Crippen LogP contribution in [0.5, 0.6) is 0 Å². The van der Waals surface area contributed by atoms with E-state index in [9.17, 15) is 13.2 Å². The fourth-order valence-electron chi connectivity index (χ4n) is 6.68. The van der Waals surface area contributed by atoms with E-state index in [1.807, 2.05) is 34.6 Å². The lowest BCUT2D eigenvalue weighted by Crippen LogP contribution is -2.57. The maximum absolute atomic E-state index is 13.7. The van der Waals surface area contributed by atoms with Crippen LogP contribution in [0.25, 0.3) is 0 Å². The number of carbonyl (C=O) groups excluding carboxylic acids is 1. The van der Waals surface area contributed by atoms with E-state index < -0.39 is 26.8 Å². The summed E-state index contributed by atoms with van der Waals surface area (Å²) in [7, 11) is -3.59. The minimum atomic E-state index is -3.59. The molecule has 3 rings (SSSR count). The molecule has 3 fully saturated rings. The highest BCUT2D eigenvalue weighted by Crippen LogP contribution is 2.73. The van der Waals surface area contributed by atoms with Crippen molar-refractivity contribution >= 4 is 16.0 Å². The van der Waals surface area contributed by atoms with Gasteiger partial charge in [0.25, 0.3) is 0 Å². The Bertz CT molecular complexity index is 783. The third-order valence-electron chi connectivity index (χ3n) is 8.27. The molecule has 6 nitrogen and oxygen atoms in total. The molecule has 1 aliphatic heterocycles. The van der Waals surface area contributed by atoms with E-state index in [0.29, 0.717) is 19.3 Å². The zero-order chi connectivity index (χ0) is 22.8. The normalized spacial score (nSPS) is 37.8. The average Bonchev–Trinajstić information content (AvgIpc) is 3.04. The molecule has 3 aliphatic rings. The second kappa shape index (κ2) is 7.45. The summed E-state index contributed by atoms with van der Waals surface area (Å²) in [4.78, 5) is 13.0. The van der Waals surface area contributed by atoms with Gasteiger partial charge in [-0.1, -0.05) is 33.6 Å². The summed E-state index contributed by atoms with van der Waals surface area (Å²) in [5.74, 6) is -1.25. The summed E-state index contributed by atoms with van der Waals surface area (Å²) in [6.45, 7) is 15.8. The number of rotatable bonds is 8. The van der Waals surface area contributed by atoms with Gasteiger partial charge in [-0.15, -0.1) is 0 Å². The van der Waals surface area contributed by atoms with E-state index in [-0.39, 0.29) is 35.1 Å². The topological polar surface area (TPSA) is 72.9 Å². The molecule has 30 heavy (non-hydrogen) atoms. The van der Waals surface area contributed by atoms with Crippen molar-refractivity contribution in [3.05, 3.63) is 0 Å². The number of sulfonamides is 1. The molecule has 0 aromatic rings. The average molecular weight is 444 g/mol. The molecule has 2 saturated carbocycles. The van der Waals surface area contributed by atoms with Crippen LogP contribution in [0.1, 0.15) is 93.9 Å². The van der Waals surface area contributed by atoms with E-state index in [2.05, 4.69) is 20.8 Å². The first-order valence-electron chi connectivity index (χ1n) is 11.6.